The van der Waals surface area contributed by atoms with E-state index < -0.39 is 11.1 Å². The zero-order valence-electron chi connectivity index (χ0n) is 42.3. The van der Waals surface area contributed by atoms with Gasteiger partial charge in [0.1, 0.15) is 22.7 Å². The van der Waals surface area contributed by atoms with E-state index in [0.29, 0.717) is 17.4 Å². The smallest absolute Gasteiger partial charge is 0.511 e. The molecular weight excluding hydrogens is 1010 g/mol. The number of aliphatic imine (C=N–C) groups is 1. The average Bonchev–Trinajstić information content (AvgIpc) is 3.74. The fraction of sp³-hybridized carbons (Fsp3) is 0.323. The van der Waals surface area contributed by atoms with Crippen LogP contribution in [0.15, 0.2) is 139 Å². The molecule has 350 valence electrons. The van der Waals surface area contributed by atoms with Crippen LogP contribution in [-0.2, 0) is 36.6 Å². The van der Waals surface area contributed by atoms with Gasteiger partial charge in [-0.3, -0.25) is 4.99 Å². The summed E-state index contributed by atoms with van der Waals surface area (Å²) in [6, 6.07) is 53.1. The van der Waals surface area contributed by atoms with Gasteiger partial charge < -0.3 is 14.0 Å². The number of hydrogen-bond acceptors (Lipinski definition) is 4. The molecule has 9 rings (SSSR count). The minimum atomic E-state index is -0.750. The van der Waals surface area contributed by atoms with Crippen LogP contribution in [0.25, 0.3) is 38.8 Å². The van der Waals surface area contributed by atoms with E-state index in [4.69, 9.17) is 19.5 Å². The van der Waals surface area contributed by atoms with E-state index in [1.807, 2.05) is 12.3 Å². The molecule has 2 aromatic heterocycles. The molecule has 0 saturated heterocycles. The van der Waals surface area contributed by atoms with E-state index in [1.165, 1.54) is 33.4 Å². The predicted octanol–water partition coefficient (Wildman–Crippen LogP) is 15.9. The number of aryl methyl sites for hydroxylation is 3. The number of benzene rings is 6. The Hall–Kier alpha value is -5.77. The molecule has 0 fully saturated rings. The number of ether oxygens (including phenoxy) is 2. The van der Waals surface area contributed by atoms with Gasteiger partial charge in [-0.2, -0.15) is 0 Å². The molecule has 3 heterocycles. The van der Waals surface area contributed by atoms with Crippen LogP contribution < -0.4 is 4.74 Å². The second-order valence-electron chi connectivity index (χ2n) is 22.3. The number of pyridine rings is 1. The number of nitrogens with zero attached hydrogens (tertiary/aromatic N) is 3. The second kappa shape index (κ2) is 17.6. The molecule has 1 aliphatic heterocycles. The average molecular weight is 1080 g/mol. The first-order valence-corrected chi connectivity index (χ1v) is 23.8. The van der Waals surface area contributed by atoms with Crippen LogP contribution in [0.3, 0.4) is 0 Å². The van der Waals surface area contributed by atoms with Crippen LogP contribution in [-0.4, -0.2) is 26.6 Å². The molecule has 1 aliphatic rings. The molecule has 0 radical (unpaired) electrons. The summed E-state index contributed by atoms with van der Waals surface area (Å²) in [6.07, 6.45) is 1.87. The van der Waals surface area contributed by atoms with Crippen molar-refractivity contribution in [3.05, 3.63) is 190 Å². The van der Waals surface area contributed by atoms with Crippen LogP contribution in [0.4, 0.5) is 0 Å². The SMILES string of the molecule is Cc1cc(C)c(-c2cc(Oc3[c-]c(-n4c5ccc(C(C)(C)C)cc5c5cccnc54)cc(C(C)(C)C)c3)[c-]c(C3=N[C@](C)(C(c4ccccc4)c4ccccc4)[C@@](C)(C(C)(C)C)O3)c2)c(C)c1.[Pt+2]. The van der Waals surface area contributed by atoms with Crippen LogP contribution in [0.5, 0.6) is 11.5 Å². The molecule has 0 saturated carbocycles. The zero-order chi connectivity index (χ0) is 47.8. The van der Waals surface area contributed by atoms with Crippen molar-refractivity contribution < 1.29 is 30.5 Å². The molecule has 5 nitrogen and oxygen atoms in total. The van der Waals surface area contributed by atoms with Crippen LogP contribution >= 0.6 is 0 Å². The Bertz CT molecular complexity index is 3140. The van der Waals surface area contributed by atoms with E-state index in [2.05, 4.69) is 235 Å². The third-order valence-corrected chi connectivity index (χ3v) is 14.4. The van der Waals surface area contributed by atoms with Gasteiger partial charge in [0.15, 0.2) is 0 Å². The van der Waals surface area contributed by atoms with Crippen molar-refractivity contribution in [1.29, 1.82) is 0 Å². The molecule has 0 spiro atoms. The minimum absolute atomic E-state index is 0. The van der Waals surface area contributed by atoms with Crippen molar-refractivity contribution in [1.82, 2.24) is 9.55 Å². The number of rotatable bonds is 8. The van der Waals surface area contributed by atoms with Gasteiger partial charge in [-0.25, -0.2) is 4.98 Å². The van der Waals surface area contributed by atoms with Crippen molar-refractivity contribution in [2.45, 2.75) is 125 Å². The van der Waals surface area contributed by atoms with E-state index in [9.17, 15) is 0 Å². The predicted molar refractivity (Wildman–Crippen MR) is 278 cm³/mol. The third-order valence-electron chi connectivity index (χ3n) is 14.4. The maximum atomic E-state index is 7.40. The van der Waals surface area contributed by atoms with Gasteiger partial charge in [0.2, 0.25) is 0 Å². The Labute approximate surface area is 419 Å². The molecule has 68 heavy (non-hydrogen) atoms. The first-order chi connectivity index (χ1) is 31.6. The number of aromatic nitrogens is 2. The summed E-state index contributed by atoms with van der Waals surface area (Å²) >= 11 is 0. The fourth-order valence-electron chi connectivity index (χ4n) is 10.4. The topological polar surface area (TPSA) is 48.6 Å². The molecule has 8 aromatic rings. The van der Waals surface area contributed by atoms with Crippen molar-refractivity contribution >= 4 is 27.8 Å². The van der Waals surface area contributed by atoms with Gasteiger partial charge in [0, 0.05) is 39.8 Å². The molecule has 2 atom stereocenters. The zero-order valence-corrected chi connectivity index (χ0v) is 44.5. The van der Waals surface area contributed by atoms with Gasteiger partial charge in [0.25, 0.3) is 0 Å². The Morgan fingerprint density at radius 3 is 1.82 bits per heavy atom. The van der Waals surface area contributed by atoms with E-state index >= 15 is 0 Å². The van der Waals surface area contributed by atoms with E-state index in [0.717, 1.165) is 49.9 Å². The summed E-state index contributed by atoms with van der Waals surface area (Å²) < 4.78 is 16.7. The first kappa shape index (κ1) is 48.7. The van der Waals surface area contributed by atoms with Crippen molar-refractivity contribution in [3.63, 3.8) is 0 Å². The Morgan fingerprint density at radius 2 is 1.24 bits per heavy atom. The Morgan fingerprint density at radius 1 is 0.632 bits per heavy atom. The van der Waals surface area contributed by atoms with Crippen LogP contribution in [0.1, 0.15) is 127 Å². The standard InChI is InChI=1S/C62H65N3O2.Pt/c1-39-30-40(2)54(41(3)31-39)44-32-45(57-64-61(13,62(14,67-57)60(10,11)12)55(42-22-17-15-18-23-42)43-24-19-16-20-25-43)34-49(33-44)66-50-36-47(59(7,8)9)35-48(38-50)65-53-28-27-46(58(4,5)6)37-52(53)51-26-21-29-63-56(51)65;/h15-33,35-37,55H,1-14H3;/q-2;+2/t61-,62-;/m1./s1. The van der Waals surface area contributed by atoms with Gasteiger partial charge in [0.05, 0.1) is 5.52 Å². The fourth-order valence-corrected chi connectivity index (χ4v) is 10.4. The Kier molecular flexibility index (Phi) is 12.6. The number of fused-ring (bicyclic) bond motifs is 3. The monoisotopic (exact) mass is 1080 g/mol. The summed E-state index contributed by atoms with van der Waals surface area (Å²) in [5.41, 5.74) is 12.0. The summed E-state index contributed by atoms with van der Waals surface area (Å²) in [6.45, 7) is 31.3. The van der Waals surface area contributed by atoms with Crippen molar-refractivity contribution in [2.75, 3.05) is 0 Å². The summed E-state index contributed by atoms with van der Waals surface area (Å²) in [5, 5.41) is 2.26. The normalized spacial score (nSPS) is 17.6. The summed E-state index contributed by atoms with van der Waals surface area (Å²) in [7, 11) is 0. The van der Waals surface area contributed by atoms with Crippen LogP contribution in [0, 0.1) is 38.3 Å². The maximum absolute atomic E-state index is 7.40. The van der Waals surface area contributed by atoms with Crippen molar-refractivity contribution in [2.24, 2.45) is 10.4 Å². The summed E-state index contributed by atoms with van der Waals surface area (Å²) in [4.78, 5) is 10.7. The van der Waals surface area contributed by atoms with Gasteiger partial charge in [-0.15, -0.1) is 29.8 Å². The van der Waals surface area contributed by atoms with E-state index in [1.54, 1.807) is 0 Å². The molecule has 0 aliphatic carbocycles. The molecule has 0 amide bonds. The molecular formula is C62H65N3O2Pt. The van der Waals surface area contributed by atoms with Gasteiger partial charge in [-0.05, 0) is 103 Å². The summed E-state index contributed by atoms with van der Waals surface area (Å²) in [5.74, 6) is 1.57. The number of hydrogen-bond donors (Lipinski definition) is 0. The molecule has 0 bridgehead atoms. The quantitative estimate of drug-likeness (QED) is 0.143. The van der Waals surface area contributed by atoms with Crippen molar-refractivity contribution in [3.8, 4) is 28.3 Å². The Balaban J connectivity index is 0.00000625. The van der Waals surface area contributed by atoms with Gasteiger partial charge >= 0.3 is 21.1 Å². The molecule has 0 unspecified atom stereocenters. The molecule has 6 heteroatoms. The third kappa shape index (κ3) is 8.66. The van der Waals surface area contributed by atoms with Gasteiger partial charge in [-0.1, -0.05) is 176 Å². The largest absolute Gasteiger partial charge is 2.00 e. The first-order valence-electron chi connectivity index (χ1n) is 23.8. The minimum Gasteiger partial charge on any atom is -0.511 e. The maximum Gasteiger partial charge on any atom is 2.00 e. The molecule has 6 aromatic carbocycles. The second-order valence-corrected chi connectivity index (χ2v) is 22.3. The van der Waals surface area contributed by atoms with E-state index in [-0.39, 0.29) is 43.2 Å². The molecule has 0 N–H and O–H groups in total. The van der Waals surface area contributed by atoms with Crippen LogP contribution in [0.2, 0.25) is 0 Å².